The van der Waals surface area contributed by atoms with E-state index in [-0.39, 0.29) is 40.2 Å². The molecule has 0 radical (unpaired) electrons. The van der Waals surface area contributed by atoms with E-state index in [2.05, 4.69) is 20.3 Å². The highest BCUT2D eigenvalue weighted by atomic mass is 32.2. The first-order chi connectivity index (χ1) is 13.6. The number of amides is 1. The van der Waals surface area contributed by atoms with Crippen molar-refractivity contribution in [2.45, 2.75) is 37.0 Å². The summed E-state index contributed by atoms with van der Waals surface area (Å²) in [5, 5.41) is 3.32. The Morgan fingerprint density at radius 3 is 2.89 bits per heavy atom. The molecule has 1 aromatic carbocycles. The third-order valence-corrected chi connectivity index (χ3v) is 5.32. The summed E-state index contributed by atoms with van der Waals surface area (Å²) < 4.78 is 14.9. The van der Waals surface area contributed by atoms with Crippen molar-refractivity contribution in [3.8, 4) is 0 Å². The minimum absolute atomic E-state index is 0.0855. The number of aryl methyl sites for hydroxylation is 1. The third kappa shape index (κ3) is 4.36. The van der Waals surface area contributed by atoms with Crippen LogP contribution in [-0.2, 0) is 17.8 Å². The molecule has 144 valence electrons. The highest BCUT2D eigenvalue weighted by molar-refractivity contribution is 7.99. The number of carbonyl (C=O) groups is 1. The second-order valence-electron chi connectivity index (χ2n) is 6.59. The topological polar surface area (TPSA) is 89.8 Å². The van der Waals surface area contributed by atoms with Crippen LogP contribution >= 0.6 is 11.8 Å². The van der Waals surface area contributed by atoms with Crippen LogP contribution in [0.4, 0.5) is 4.39 Å². The van der Waals surface area contributed by atoms with E-state index in [0.29, 0.717) is 18.1 Å². The van der Waals surface area contributed by atoms with Gasteiger partial charge in [0.1, 0.15) is 5.82 Å². The Morgan fingerprint density at radius 2 is 2.11 bits per heavy atom. The standard InChI is InChI=1S/C19H18FN5O2S/c20-13-3-1-2-12(10-13)6-9-25-18(27)16-17(22-8-7-21-16)24-19(25)28-11-15(26)23-14-4-5-14/h1-3,7-8,10,14H,4-6,9,11H2,(H,23,26). The van der Waals surface area contributed by atoms with Gasteiger partial charge in [-0.25, -0.2) is 19.3 Å². The molecule has 1 amide bonds. The largest absolute Gasteiger partial charge is 0.353 e. The number of nitrogens with zero attached hydrogens (tertiary/aromatic N) is 4. The molecule has 3 aromatic rings. The zero-order valence-corrected chi connectivity index (χ0v) is 15.8. The summed E-state index contributed by atoms with van der Waals surface area (Å²) in [7, 11) is 0. The molecule has 2 heterocycles. The molecule has 0 aliphatic heterocycles. The van der Waals surface area contributed by atoms with Gasteiger partial charge in [-0.2, -0.15) is 0 Å². The summed E-state index contributed by atoms with van der Waals surface area (Å²) in [4.78, 5) is 37.6. The molecule has 0 bridgehead atoms. The average molecular weight is 399 g/mol. The molecule has 1 aliphatic carbocycles. The van der Waals surface area contributed by atoms with Gasteiger partial charge in [-0.05, 0) is 37.0 Å². The normalized spacial score (nSPS) is 13.6. The molecular formula is C19H18FN5O2S. The van der Waals surface area contributed by atoms with Gasteiger partial charge in [0, 0.05) is 25.0 Å². The number of rotatable bonds is 7. The zero-order valence-electron chi connectivity index (χ0n) is 15.0. The van der Waals surface area contributed by atoms with E-state index in [1.807, 2.05) is 0 Å². The maximum Gasteiger partial charge on any atom is 0.282 e. The van der Waals surface area contributed by atoms with Crippen LogP contribution in [0.3, 0.4) is 0 Å². The van der Waals surface area contributed by atoms with Gasteiger partial charge in [-0.15, -0.1) is 0 Å². The van der Waals surface area contributed by atoms with Crippen LogP contribution in [0.2, 0.25) is 0 Å². The fraction of sp³-hybridized carbons (Fsp3) is 0.316. The smallest absolute Gasteiger partial charge is 0.282 e. The fourth-order valence-corrected chi connectivity index (χ4v) is 3.62. The summed E-state index contributed by atoms with van der Waals surface area (Å²) >= 11 is 1.19. The molecule has 0 atom stereocenters. The fourth-order valence-electron chi connectivity index (χ4n) is 2.80. The van der Waals surface area contributed by atoms with E-state index in [9.17, 15) is 14.0 Å². The molecule has 1 aliphatic rings. The Morgan fingerprint density at radius 1 is 1.29 bits per heavy atom. The van der Waals surface area contributed by atoms with E-state index in [4.69, 9.17) is 0 Å². The molecule has 9 heteroatoms. The van der Waals surface area contributed by atoms with Crippen LogP contribution in [0.1, 0.15) is 18.4 Å². The number of carbonyl (C=O) groups excluding carboxylic acids is 1. The first kappa shape index (κ1) is 18.5. The number of thioether (sulfide) groups is 1. The highest BCUT2D eigenvalue weighted by Gasteiger charge is 2.23. The van der Waals surface area contributed by atoms with Crippen molar-refractivity contribution in [1.82, 2.24) is 24.8 Å². The van der Waals surface area contributed by atoms with Crippen LogP contribution in [-0.4, -0.2) is 37.2 Å². The monoisotopic (exact) mass is 399 g/mol. The summed E-state index contributed by atoms with van der Waals surface area (Å²) in [5.41, 5.74) is 0.876. The quantitative estimate of drug-likeness (QED) is 0.482. The zero-order chi connectivity index (χ0) is 19.5. The summed E-state index contributed by atoms with van der Waals surface area (Å²) in [6, 6.07) is 6.53. The highest BCUT2D eigenvalue weighted by Crippen LogP contribution is 2.20. The lowest BCUT2D eigenvalue weighted by molar-refractivity contribution is -0.118. The van der Waals surface area contributed by atoms with Gasteiger partial charge in [-0.3, -0.25) is 14.2 Å². The van der Waals surface area contributed by atoms with Gasteiger partial charge < -0.3 is 5.32 Å². The molecule has 2 aromatic heterocycles. The van der Waals surface area contributed by atoms with Gasteiger partial charge in [0.25, 0.3) is 5.56 Å². The third-order valence-electron chi connectivity index (χ3n) is 4.35. The van der Waals surface area contributed by atoms with Crippen molar-refractivity contribution >= 4 is 28.8 Å². The Kier molecular flexibility index (Phi) is 5.34. The summed E-state index contributed by atoms with van der Waals surface area (Å²) in [6.45, 7) is 0.300. The number of halogens is 1. The SMILES string of the molecule is O=C(CSc1nc2nccnc2c(=O)n1CCc1cccc(F)c1)NC1CC1. The van der Waals surface area contributed by atoms with E-state index in [1.54, 1.807) is 12.1 Å². The molecule has 0 unspecified atom stereocenters. The van der Waals surface area contributed by atoms with Crippen LogP contribution < -0.4 is 10.9 Å². The summed E-state index contributed by atoms with van der Waals surface area (Å²) in [5.74, 6) is -0.245. The van der Waals surface area contributed by atoms with Crippen LogP contribution in [0.5, 0.6) is 0 Å². The summed E-state index contributed by atoms with van der Waals surface area (Å²) in [6.07, 6.45) is 5.39. The van der Waals surface area contributed by atoms with Gasteiger partial charge in [0.05, 0.1) is 5.75 Å². The lowest BCUT2D eigenvalue weighted by atomic mass is 10.1. The molecular weight excluding hydrogens is 381 g/mol. The average Bonchev–Trinajstić information content (AvgIpc) is 3.50. The molecule has 1 N–H and O–H groups in total. The minimum Gasteiger partial charge on any atom is -0.353 e. The number of hydrogen-bond donors (Lipinski definition) is 1. The maximum atomic E-state index is 13.4. The molecule has 0 spiro atoms. The first-order valence-electron chi connectivity index (χ1n) is 8.98. The van der Waals surface area contributed by atoms with Crippen molar-refractivity contribution in [2.24, 2.45) is 0 Å². The van der Waals surface area contributed by atoms with Gasteiger partial charge in [0.15, 0.2) is 16.3 Å². The number of fused-ring (bicyclic) bond motifs is 1. The number of benzene rings is 1. The Balaban J connectivity index is 1.60. The lowest BCUT2D eigenvalue weighted by Gasteiger charge is -2.12. The van der Waals surface area contributed by atoms with Crippen LogP contribution in [0, 0.1) is 5.82 Å². The Labute approximate surface area is 164 Å². The number of nitrogens with one attached hydrogen (secondary N) is 1. The van der Waals surface area contributed by atoms with Crippen LogP contribution in [0.25, 0.3) is 11.2 Å². The van der Waals surface area contributed by atoms with Crippen LogP contribution in [0.15, 0.2) is 46.6 Å². The minimum atomic E-state index is -0.321. The van der Waals surface area contributed by atoms with Crippen molar-refractivity contribution < 1.29 is 9.18 Å². The first-order valence-corrected chi connectivity index (χ1v) is 9.97. The molecule has 28 heavy (non-hydrogen) atoms. The second kappa shape index (κ2) is 8.05. The van der Waals surface area contributed by atoms with Crippen molar-refractivity contribution in [3.05, 3.63) is 58.4 Å². The van der Waals surface area contributed by atoms with E-state index in [0.717, 1.165) is 18.4 Å². The molecule has 0 saturated heterocycles. The number of hydrogen-bond acceptors (Lipinski definition) is 6. The van der Waals surface area contributed by atoms with Gasteiger partial charge in [-0.1, -0.05) is 23.9 Å². The molecule has 7 nitrogen and oxygen atoms in total. The molecule has 4 rings (SSSR count). The van der Waals surface area contributed by atoms with Gasteiger partial charge in [0.2, 0.25) is 5.91 Å². The van der Waals surface area contributed by atoms with E-state index >= 15 is 0 Å². The van der Waals surface area contributed by atoms with E-state index in [1.165, 1.54) is 40.9 Å². The number of aromatic nitrogens is 4. The second-order valence-corrected chi connectivity index (χ2v) is 7.53. The van der Waals surface area contributed by atoms with Crippen molar-refractivity contribution in [3.63, 3.8) is 0 Å². The van der Waals surface area contributed by atoms with Gasteiger partial charge >= 0.3 is 0 Å². The predicted octanol–water partition coefficient (Wildman–Crippen LogP) is 1.94. The predicted molar refractivity (Wildman–Crippen MR) is 104 cm³/mol. The van der Waals surface area contributed by atoms with Crippen molar-refractivity contribution in [2.75, 3.05) is 5.75 Å². The Hall–Kier alpha value is -2.81. The molecule has 1 fully saturated rings. The van der Waals surface area contributed by atoms with Crippen molar-refractivity contribution in [1.29, 1.82) is 0 Å². The Bertz CT molecular complexity index is 1080. The van der Waals surface area contributed by atoms with E-state index < -0.39 is 0 Å². The molecule has 1 saturated carbocycles. The lowest BCUT2D eigenvalue weighted by Crippen LogP contribution is -2.29. The maximum absolute atomic E-state index is 13.4.